The van der Waals surface area contributed by atoms with E-state index in [0.717, 1.165) is 5.56 Å². The number of aliphatic carboxylic acids is 1. The van der Waals surface area contributed by atoms with Crippen LogP contribution >= 0.6 is 27.3 Å². The molecule has 1 aromatic heterocycles. The zero-order valence-corrected chi connectivity index (χ0v) is 18.4. The van der Waals surface area contributed by atoms with Crippen molar-refractivity contribution in [3.8, 4) is 5.75 Å². The van der Waals surface area contributed by atoms with Crippen molar-refractivity contribution < 1.29 is 24.6 Å². The van der Waals surface area contributed by atoms with Crippen LogP contribution in [0.3, 0.4) is 0 Å². The molecule has 1 heterocycles. The van der Waals surface area contributed by atoms with Crippen molar-refractivity contribution in [1.82, 2.24) is 10.6 Å². The molecule has 2 aromatic carbocycles. The fourth-order valence-corrected chi connectivity index (χ4v) is 3.86. The summed E-state index contributed by atoms with van der Waals surface area (Å²) in [5, 5.41) is 25.8. The van der Waals surface area contributed by atoms with Gasteiger partial charge in [-0.15, -0.1) is 11.3 Å². The Morgan fingerprint density at radius 3 is 2.48 bits per heavy atom. The lowest BCUT2D eigenvalue weighted by Gasteiger charge is -2.10. The van der Waals surface area contributed by atoms with Gasteiger partial charge in [0.25, 0.3) is 11.8 Å². The molecule has 2 amide bonds. The van der Waals surface area contributed by atoms with Crippen molar-refractivity contribution in [2.45, 2.75) is 6.54 Å². The molecule has 31 heavy (non-hydrogen) atoms. The first-order chi connectivity index (χ1) is 14.8. The first-order valence-electron chi connectivity index (χ1n) is 8.99. The van der Waals surface area contributed by atoms with Crippen LogP contribution in [0.25, 0.3) is 6.08 Å². The fraction of sp³-hybridized carbons (Fsp3) is 0.0455. The third-order valence-electron chi connectivity index (χ3n) is 4.15. The van der Waals surface area contributed by atoms with Gasteiger partial charge in [0.05, 0.1) is 5.56 Å². The highest BCUT2D eigenvalue weighted by Crippen LogP contribution is 2.20. The van der Waals surface area contributed by atoms with E-state index in [9.17, 15) is 24.6 Å². The van der Waals surface area contributed by atoms with E-state index in [1.165, 1.54) is 41.7 Å². The summed E-state index contributed by atoms with van der Waals surface area (Å²) in [5.41, 5.74) is 0.980. The zero-order valence-electron chi connectivity index (χ0n) is 16.0. The molecule has 9 heteroatoms. The minimum absolute atomic E-state index is 0.110. The second-order valence-electron chi connectivity index (χ2n) is 6.38. The summed E-state index contributed by atoms with van der Waals surface area (Å²) < 4.78 is 0.343. The summed E-state index contributed by atoms with van der Waals surface area (Å²) >= 11 is 4.62. The molecule has 0 aliphatic rings. The van der Waals surface area contributed by atoms with Crippen LogP contribution in [0.15, 0.2) is 70.1 Å². The lowest BCUT2D eigenvalue weighted by Crippen LogP contribution is -2.28. The molecule has 158 valence electrons. The van der Waals surface area contributed by atoms with Gasteiger partial charge in [-0.25, -0.2) is 4.79 Å². The van der Waals surface area contributed by atoms with Crippen LogP contribution in [0.4, 0.5) is 0 Å². The average molecular weight is 501 g/mol. The standard InChI is InChI=1S/C22H17BrN2O5S/c23-18-10-14(20(27)24-12-13-3-1-4-15(26)9-13)6-7-17(18)21(28)25-19(22(29)30)11-16-5-2-8-31-16/h1-11,26H,12H2,(H,24,27)(H,25,28)(H,29,30)/b19-11+. The molecule has 0 bridgehead atoms. The molecular weight excluding hydrogens is 484 g/mol. The Bertz CT molecular complexity index is 1160. The number of hydrogen-bond acceptors (Lipinski definition) is 5. The van der Waals surface area contributed by atoms with Crippen LogP contribution in [0, 0.1) is 0 Å². The molecule has 0 saturated heterocycles. The number of phenolic OH excluding ortho intramolecular Hbond substituents is 1. The van der Waals surface area contributed by atoms with Gasteiger partial charge in [-0.1, -0.05) is 18.2 Å². The largest absolute Gasteiger partial charge is 0.508 e. The molecule has 3 rings (SSSR count). The number of nitrogens with one attached hydrogen (secondary N) is 2. The first kappa shape index (κ1) is 22.3. The summed E-state index contributed by atoms with van der Waals surface area (Å²) in [4.78, 5) is 37.1. The van der Waals surface area contributed by atoms with Crippen LogP contribution in [-0.2, 0) is 11.3 Å². The summed E-state index contributed by atoms with van der Waals surface area (Å²) in [6.45, 7) is 0.225. The predicted octanol–water partition coefficient (Wildman–Crippen LogP) is 4.00. The van der Waals surface area contributed by atoms with Crippen LogP contribution in [-0.4, -0.2) is 28.0 Å². The number of rotatable bonds is 7. The summed E-state index contributed by atoms with van der Waals surface area (Å²) in [6, 6.07) is 14.4. The Morgan fingerprint density at radius 1 is 1.03 bits per heavy atom. The number of carbonyl (C=O) groups excluding carboxylic acids is 2. The first-order valence-corrected chi connectivity index (χ1v) is 10.7. The van der Waals surface area contributed by atoms with Gasteiger partial charge in [0.15, 0.2) is 0 Å². The minimum Gasteiger partial charge on any atom is -0.508 e. The molecule has 0 radical (unpaired) electrons. The van der Waals surface area contributed by atoms with E-state index in [1.807, 2.05) is 0 Å². The van der Waals surface area contributed by atoms with Gasteiger partial charge in [0, 0.05) is 21.5 Å². The Labute approximate surface area is 190 Å². The third-order valence-corrected chi connectivity index (χ3v) is 5.62. The fourth-order valence-electron chi connectivity index (χ4n) is 2.65. The van der Waals surface area contributed by atoms with Crippen molar-refractivity contribution in [2.24, 2.45) is 0 Å². The zero-order chi connectivity index (χ0) is 22.4. The van der Waals surface area contributed by atoms with Gasteiger partial charge < -0.3 is 20.8 Å². The van der Waals surface area contributed by atoms with Crippen LogP contribution in [0.1, 0.15) is 31.2 Å². The maximum Gasteiger partial charge on any atom is 0.352 e. The molecule has 0 fully saturated rings. The normalized spacial score (nSPS) is 11.1. The van der Waals surface area contributed by atoms with Gasteiger partial charge in [-0.3, -0.25) is 9.59 Å². The van der Waals surface area contributed by atoms with E-state index in [0.29, 0.717) is 14.9 Å². The highest BCUT2D eigenvalue weighted by molar-refractivity contribution is 9.10. The maximum atomic E-state index is 12.6. The number of thiophene rings is 1. The molecule has 4 N–H and O–H groups in total. The van der Waals surface area contributed by atoms with E-state index < -0.39 is 11.9 Å². The smallest absolute Gasteiger partial charge is 0.352 e. The number of carbonyl (C=O) groups is 3. The summed E-state index contributed by atoms with van der Waals surface area (Å²) in [6.07, 6.45) is 1.38. The van der Waals surface area contributed by atoms with Gasteiger partial charge >= 0.3 is 5.97 Å². The Morgan fingerprint density at radius 2 is 1.84 bits per heavy atom. The molecule has 3 aromatic rings. The molecule has 0 atom stereocenters. The predicted molar refractivity (Wildman–Crippen MR) is 121 cm³/mol. The molecule has 0 saturated carbocycles. The molecule has 0 aliphatic heterocycles. The van der Waals surface area contributed by atoms with Crippen molar-refractivity contribution in [1.29, 1.82) is 0 Å². The van der Waals surface area contributed by atoms with Crippen molar-refractivity contribution >= 4 is 51.1 Å². The number of carboxylic acids is 1. The number of benzene rings is 2. The number of amides is 2. The van der Waals surface area contributed by atoms with Gasteiger partial charge in [-0.05, 0) is 69.3 Å². The monoisotopic (exact) mass is 500 g/mol. The van der Waals surface area contributed by atoms with Gasteiger partial charge in [-0.2, -0.15) is 0 Å². The SMILES string of the molecule is O=C(O)/C(=C\c1cccs1)NC(=O)c1ccc(C(=O)NCc2cccc(O)c2)cc1Br. The van der Waals surface area contributed by atoms with Crippen molar-refractivity contribution in [2.75, 3.05) is 0 Å². The highest BCUT2D eigenvalue weighted by Gasteiger charge is 2.17. The highest BCUT2D eigenvalue weighted by atomic mass is 79.9. The Balaban J connectivity index is 1.69. The van der Waals surface area contributed by atoms with Crippen molar-refractivity contribution in [3.63, 3.8) is 0 Å². The van der Waals surface area contributed by atoms with Crippen molar-refractivity contribution in [3.05, 3.63) is 91.7 Å². The molecule has 0 unspecified atom stereocenters. The quantitative estimate of drug-likeness (QED) is 0.366. The minimum atomic E-state index is -1.26. The van der Waals surface area contributed by atoms with Crippen LogP contribution in [0.5, 0.6) is 5.75 Å². The number of hydrogen-bond donors (Lipinski definition) is 4. The second-order valence-corrected chi connectivity index (χ2v) is 8.21. The molecule has 0 aliphatic carbocycles. The van der Waals surface area contributed by atoms with Gasteiger partial charge in [0.2, 0.25) is 0 Å². The van der Waals surface area contributed by atoms with E-state index in [1.54, 1.807) is 35.7 Å². The van der Waals surface area contributed by atoms with E-state index in [-0.39, 0.29) is 29.5 Å². The number of phenols is 1. The number of carboxylic acid groups (broad SMARTS) is 1. The lowest BCUT2D eigenvalue weighted by atomic mass is 10.1. The maximum absolute atomic E-state index is 12.6. The Hall–Kier alpha value is -3.43. The Kier molecular flexibility index (Phi) is 7.22. The number of halogens is 1. The van der Waals surface area contributed by atoms with E-state index >= 15 is 0 Å². The number of aromatic hydroxyl groups is 1. The molecule has 0 spiro atoms. The topological polar surface area (TPSA) is 116 Å². The van der Waals surface area contributed by atoms with E-state index in [4.69, 9.17) is 0 Å². The lowest BCUT2D eigenvalue weighted by molar-refractivity contribution is -0.132. The second kappa shape index (κ2) is 10.1. The van der Waals surface area contributed by atoms with Crippen LogP contribution in [0.2, 0.25) is 0 Å². The van der Waals surface area contributed by atoms with Crippen LogP contribution < -0.4 is 10.6 Å². The summed E-state index contributed by atoms with van der Waals surface area (Å²) in [5.74, 6) is -2.14. The summed E-state index contributed by atoms with van der Waals surface area (Å²) in [7, 11) is 0. The third kappa shape index (κ3) is 6.03. The average Bonchev–Trinajstić information content (AvgIpc) is 3.24. The van der Waals surface area contributed by atoms with E-state index in [2.05, 4.69) is 26.6 Å². The molecule has 7 nitrogen and oxygen atoms in total. The van der Waals surface area contributed by atoms with Gasteiger partial charge in [0.1, 0.15) is 11.4 Å². The molecular formula is C22H17BrN2O5S.